The molecule has 2 aromatic heterocycles. The van der Waals surface area contributed by atoms with Crippen molar-refractivity contribution in [1.82, 2.24) is 14.8 Å². The molecule has 1 atom stereocenters. The van der Waals surface area contributed by atoms with Gasteiger partial charge in [0.15, 0.2) is 12.1 Å². The van der Waals surface area contributed by atoms with Gasteiger partial charge in [-0.15, -0.1) is 0 Å². The zero-order valence-electron chi connectivity index (χ0n) is 12.7. The summed E-state index contributed by atoms with van der Waals surface area (Å²) in [6.45, 7) is 1.32. The summed E-state index contributed by atoms with van der Waals surface area (Å²) in [4.78, 5) is 14.8. The highest BCUT2D eigenvalue weighted by atomic mass is 19.1. The van der Waals surface area contributed by atoms with Gasteiger partial charge in [0, 0.05) is 30.6 Å². The molecule has 3 heterocycles. The van der Waals surface area contributed by atoms with Crippen molar-refractivity contribution in [2.45, 2.75) is 18.9 Å². The van der Waals surface area contributed by atoms with Gasteiger partial charge in [0.1, 0.15) is 0 Å². The largest absolute Gasteiger partial charge is 0.481 e. The fourth-order valence-corrected chi connectivity index (χ4v) is 2.49. The molecule has 0 amide bonds. The van der Waals surface area contributed by atoms with Gasteiger partial charge in [-0.1, -0.05) is 0 Å². The number of nitrogens with zero attached hydrogens (tertiary/aromatic N) is 3. The molecule has 0 spiro atoms. The number of hydrogen-bond acceptors (Lipinski definition) is 6. The molecule has 8 heteroatoms. The molecule has 1 unspecified atom stereocenters. The normalized spacial score (nSPS) is 17.7. The zero-order chi connectivity index (χ0) is 16.2. The van der Waals surface area contributed by atoms with Gasteiger partial charge in [-0.05, 0) is 12.8 Å². The number of aldehydes is 1. The number of hydrogen-bond donors (Lipinski definition) is 1. The Kier molecular flexibility index (Phi) is 4.52. The van der Waals surface area contributed by atoms with E-state index in [1.807, 2.05) is 0 Å². The summed E-state index contributed by atoms with van der Waals surface area (Å²) in [5.41, 5.74) is 0.800. The lowest BCUT2D eigenvalue weighted by Gasteiger charge is -2.22. The number of rotatable bonds is 5. The van der Waals surface area contributed by atoms with Gasteiger partial charge in [0.2, 0.25) is 11.8 Å². The first-order valence-corrected chi connectivity index (χ1v) is 7.30. The predicted molar refractivity (Wildman–Crippen MR) is 80.7 cm³/mol. The summed E-state index contributed by atoms with van der Waals surface area (Å²) < 4.78 is 25.5. The van der Waals surface area contributed by atoms with Crippen LogP contribution < -0.4 is 10.1 Å². The maximum absolute atomic E-state index is 13.5. The zero-order valence-corrected chi connectivity index (χ0v) is 12.7. The highest BCUT2D eigenvalue weighted by Crippen LogP contribution is 2.25. The number of ether oxygens (including phenoxy) is 2. The van der Waals surface area contributed by atoms with Crippen LogP contribution in [0.1, 0.15) is 29.2 Å². The first-order valence-electron chi connectivity index (χ1n) is 7.30. The van der Waals surface area contributed by atoms with E-state index in [0.29, 0.717) is 30.0 Å². The van der Waals surface area contributed by atoms with Crippen molar-refractivity contribution < 1.29 is 18.7 Å². The third-order valence-electron chi connectivity index (χ3n) is 3.64. The van der Waals surface area contributed by atoms with Crippen LogP contribution in [0, 0.1) is 5.95 Å². The highest BCUT2D eigenvalue weighted by molar-refractivity contribution is 5.83. The molecule has 0 aromatic carbocycles. The van der Waals surface area contributed by atoms with Crippen LogP contribution in [0.3, 0.4) is 0 Å². The summed E-state index contributed by atoms with van der Waals surface area (Å²) in [6, 6.07) is 2.84. The summed E-state index contributed by atoms with van der Waals surface area (Å²) >= 11 is 0. The first-order chi connectivity index (χ1) is 11.2. The summed E-state index contributed by atoms with van der Waals surface area (Å²) in [5, 5.41) is 7.33. The van der Waals surface area contributed by atoms with Crippen molar-refractivity contribution in [3.05, 3.63) is 29.8 Å². The first kappa shape index (κ1) is 15.4. The standard InChI is InChI=1S/C15H17FN4O3/c1-22-14-6-11(5-13(16)18-14)17-15-10(8-21)7-20(19-15)12-3-2-4-23-9-12/h5-8,12H,2-4,9H2,1H3,(H,17,18,19). The van der Waals surface area contributed by atoms with E-state index in [1.165, 1.54) is 19.2 Å². The van der Waals surface area contributed by atoms with Gasteiger partial charge in [0.25, 0.3) is 0 Å². The minimum Gasteiger partial charge on any atom is -0.481 e. The fourth-order valence-electron chi connectivity index (χ4n) is 2.49. The van der Waals surface area contributed by atoms with Gasteiger partial charge in [-0.25, -0.2) is 0 Å². The summed E-state index contributed by atoms with van der Waals surface area (Å²) in [5.74, 6) is -0.182. The average Bonchev–Trinajstić information content (AvgIpc) is 2.98. The minimum absolute atomic E-state index is 0.0988. The number of pyridine rings is 1. The molecule has 1 fully saturated rings. The molecule has 0 aliphatic carbocycles. The van der Waals surface area contributed by atoms with Crippen molar-refractivity contribution in [2.24, 2.45) is 0 Å². The molecule has 3 rings (SSSR count). The number of carbonyl (C=O) groups excluding carboxylic acids is 1. The van der Waals surface area contributed by atoms with Gasteiger partial charge in [-0.3, -0.25) is 9.48 Å². The van der Waals surface area contributed by atoms with E-state index < -0.39 is 5.95 Å². The van der Waals surface area contributed by atoms with Crippen molar-refractivity contribution in [2.75, 3.05) is 25.6 Å². The van der Waals surface area contributed by atoms with Crippen molar-refractivity contribution in [1.29, 1.82) is 0 Å². The van der Waals surface area contributed by atoms with Crippen LogP contribution in [-0.4, -0.2) is 41.4 Å². The maximum Gasteiger partial charge on any atom is 0.218 e. The van der Waals surface area contributed by atoms with Crippen LogP contribution in [0.15, 0.2) is 18.3 Å². The second-order valence-electron chi connectivity index (χ2n) is 5.25. The van der Waals surface area contributed by atoms with Gasteiger partial charge >= 0.3 is 0 Å². The predicted octanol–water partition coefficient (Wildman–Crippen LogP) is 2.33. The molecule has 1 aliphatic rings. The quantitative estimate of drug-likeness (QED) is 0.673. The molecule has 0 bridgehead atoms. The third-order valence-corrected chi connectivity index (χ3v) is 3.64. The Morgan fingerprint density at radius 2 is 2.39 bits per heavy atom. The molecular formula is C15H17FN4O3. The van der Waals surface area contributed by atoms with E-state index >= 15 is 0 Å². The molecular weight excluding hydrogens is 303 g/mol. The SMILES string of the molecule is COc1cc(Nc2nn(C3CCCOC3)cc2C=O)cc(F)n1. The minimum atomic E-state index is -0.681. The van der Waals surface area contributed by atoms with E-state index in [-0.39, 0.29) is 11.9 Å². The maximum atomic E-state index is 13.5. The van der Waals surface area contributed by atoms with Crippen LogP contribution in [-0.2, 0) is 4.74 Å². The molecule has 23 heavy (non-hydrogen) atoms. The van der Waals surface area contributed by atoms with E-state index in [0.717, 1.165) is 19.4 Å². The Morgan fingerprint density at radius 1 is 1.52 bits per heavy atom. The number of anilines is 2. The number of methoxy groups -OCH3 is 1. The van der Waals surface area contributed by atoms with Crippen LogP contribution in [0.4, 0.5) is 15.9 Å². The molecule has 0 radical (unpaired) electrons. The van der Waals surface area contributed by atoms with Crippen LogP contribution in [0.25, 0.3) is 0 Å². The van der Waals surface area contributed by atoms with E-state index in [1.54, 1.807) is 10.9 Å². The Balaban J connectivity index is 1.85. The number of halogens is 1. The fraction of sp³-hybridized carbons (Fsp3) is 0.400. The van der Waals surface area contributed by atoms with E-state index in [2.05, 4.69) is 15.4 Å². The molecule has 7 nitrogen and oxygen atoms in total. The Labute approximate surface area is 132 Å². The van der Waals surface area contributed by atoms with Crippen LogP contribution >= 0.6 is 0 Å². The lowest BCUT2D eigenvalue weighted by Crippen LogP contribution is -2.21. The summed E-state index contributed by atoms with van der Waals surface area (Å²) in [7, 11) is 1.40. The van der Waals surface area contributed by atoms with Gasteiger partial charge < -0.3 is 14.8 Å². The molecule has 1 aliphatic heterocycles. The molecule has 1 saturated heterocycles. The van der Waals surface area contributed by atoms with Crippen molar-refractivity contribution in [3.8, 4) is 5.88 Å². The molecule has 0 saturated carbocycles. The second-order valence-corrected chi connectivity index (χ2v) is 5.25. The Morgan fingerprint density at radius 3 is 3.09 bits per heavy atom. The Hall–Kier alpha value is -2.48. The van der Waals surface area contributed by atoms with Crippen molar-refractivity contribution in [3.63, 3.8) is 0 Å². The van der Waals surface area contributed by atoms with E-state index in [9.17, 15) is 9.18 Å². The Bertz CT molecular complexity index is 698. The third kappa shape index (κ3) is 3.48. The topological polar surface area (TPSA) is 78.3 Å². The molecule has 122 valence electrons. The number of nitrogens with one attached hydrogen (secondary N) is 1. The average molecular weight is 320 g/mol. The van der Waals surface area contributed by atoms with Crippen LogP contribution in [0.2, 0.25) is 0 Å². The smallest absolute Gasteiger partial charge is 0.218 e. The molecule has 1 N–H and O–H groups in total. The monoisotopic (exact) mass is 320 g/mol. The lowest BCUT2D eigenvalue weighted by molar-refractivity contribution is 0.0550. The van der Waals surface area contributed by atoms with Gasteiger partial charge in [0.05, 0.1) is 25.3 Å². The number of aromatic nitrogens is 3. The van der Waals surface area contributed by atoms with Crippen LogP contribution in [0.5, 0.6) is 5.88 Å². The lowest BCUT2D eigenvalue weighted by atomic mass is 10.1. The summed E-state index contributed by atoms with van der Waals surface area (Å²) in [6.07, 6.45) is 4.28. The van der Waals surface area contributed by atoms with Crippen molar-refractivity contribution >= 4 is 17.8 Å². The second kappa shape index (κ2) is 6.74. The van der Waals surface area contributed by atoms with E-state index in [4.69, 9.17) is 9.47 Å². The molecule has 2 aromatic rings. The van der Waals surface area contributed by atoms with Gasteiger partial charge in [-0.2, -0.15) is 14.5 Å². The number of carbonyl (C=O) groups is 1. The highest BCUT2D eigenvalue weighted by Gasteiger charge is 2.19.